The van der Waals surface area contributed by atoms with Crippen LogP contribution < -0.4 is 15.8 Å². The largest absolute Gasteiger partial charge is 0.493 e. The van der Waals surface area contributed by atoms with Crippen molar-refractivity contribution in [2.45, 2.75) is 38.6 Å². The molecule has 3 rings (SSSR count). The van der Waals surface area contributed by atoms with Crippen molar-refractivity contribution in [3.63, 3.8) is 0 Å². The topological polar surface area (TPSA) is 84.7 Å². The lowest BCUT2D eigenvalue weighted by atomic mass is 9.99. The molecule has 160 valence electrons. The lowest BCUT2D eigenvalue weighted by Gasteiger charge is -2.19. The molecule has 2 aromatic carbocycles. The van der Waals surface area contributed by atoms with Gasteiger partial charge in [0.2, 0.25) is 5.91 Å². The summed E-state index contributed by atoms with van der Waals surface area (Å²) in [4.78, 5) is 25.7. The van der Waals surface area contributed by atoms with Gasteiger partial charge in [0.05, 0.1) is 6.61 Å². The van der Waals surface area contributed by atoms with Crippen LogP contribution >= 0.6 is 0 Å². The van der Waals surface area contributed by atoms with Crippen LogP contribution in [0.5, 0.6) is 5.75 Å². The molecule has 30 heavy (non-hydrogen) atoms. The minimum absolute atomic E-state index is 0.126. The highest BCUT2D eigenvalue weighted by Gasteiger charge is 2.13. The van der Waals surface area contributed by atoms with Crippen molar-refractivity contribution in [3.8, 4) is 5.75 Å². The lowest BCUT2D eigenvalue weighted by molar-refractivity contribution is -0.117. The average Bonchev–Trinajstić information content (AvgIpc) is 2.70. The highest BCUT2D eigenvalue weighted by Crippen LogP contribution is 2.25. The van der Waals surface area contributed by atoms with E-state index in [1.165, 1.54) is 11.1 Å². The normalized spacial score (nSPS) is 15.4. The number of amides is 2. The average molecular weight is 410 g/mol. The Morgan fingerprint density at radius 2 is 1.93 bits per heavy atom. The van der Waals surface area contributed by atoms with Crippen LogP contribution in [0.15, 0.2) is 42.5 Å². The van der Waals surface area contributed by atoms with Crippen LogP contribution in [0.3, 0.4) is 0 Å². The van der Waals surface area contributed by atoms with Gasteiger partial charge in [0.15, 0.2) is 0 Å². The van der Waals surface area contributed by atoms with Gasteiger partial charge in [-0.05, 0) is 67.7 Å². The smallest absolute Gasteiger partial charge is 0.251 e. The van der Waals surface area contributed by atoms with Gasteiger partial charge in [-0.15, -0.1) is 0 Å². The second kappa shape index (κ2) is 10.8. The first-order chi connectivity index (χ1) is 14.5. The fourth-order valence-electron chi connectivity index (χ4n) is 3.69. The van der Waals surface area contributed by atoms with Gasteiger partial charge < -0.3 is 20.7 Å². The molecular formula is C24H31N3O3. The van der Waals surface area contributed by atoms with Gasteiger partial charge in [0, 0.05) is 31.5 Å². The quantitative estimate of drug-likeness (QED) is 0.813. The zero-order valence-electron chi connectivity index (χ0n) is 17.7. The number of ether oxygens (including phenoxy) is 1. The van der Waals surface area contributed by atoms with Gasteiger partial charge >= 0.3 is 0 Å². The first-order valence-electron chi connectivity index (χ1n) is 10.6. The van der Waals surface area contributed by atoms with Gasteiger partial charge in [0.25, 0.3) is 5.91 Å². The number of primary amides is 1. The highest BCUT2D eigenvalue weighted by molar-refractivity contribution is 5.94. The zero-order valence-corrected chi connectivity index (χ0v) is 17.7. The Morgan fingerprint density at radius 1 is 1.10 bits per heavy atom. The summed E-state index contributed by atoms with van der Waals surface area (Å²) in [6.45, 7) is 2.91. The van der Waals surface area contributed by atoms with Crippen LogP contribution in [0.4, 0.5) is 0 Å². The molecule has 0 radical (unpaired) electrons. The molecule has 2 bridgehead atoms. The molecule has 0 aliphatic carbocycles. The molecule has 0 aromatic heterocycles. The first kappa shape index (κ1) is 21.8. The SMILES string of the molecule is CN1CCCCCOc2ccc(C(=O)NCCC(N)=O)cc2Cc2cccc(c2)C1. The van der Waals surface area contributed by atoms with E-state index < -0.39 is 5.91 Å². The van der Waals surface area contributed by atoms with Crippen molar-refractivity contribution >= 4 is 11.8 Å². The number of hydrogen-bond donors (Lipinski definition) is 2. The lowest BCUT2D eigenvalue weighted by Crippen LogP contribution is -2.27. The van der Waals surface area contributed by atoms with Gasteiger partial charge in [-0.3, -0.25) is 9.59 Å². The maximum atomic E-state index is 12.5. The van der Waals surface area contributed by atoms with Crippen LogP contribution in [-0.2, 0) is 17.8 Å². The van der Waals surface area contributed by atoms with Gasteiger partial charge in [-0.2, -0.15) is 0 Å². The molecule has 0 saturated carbocycles. The highest BCUT2D eigenvalue weighted by atomic mass is 16.5. The Labute approximate surface area is 178 Å². The third-order valence-electron chi connectivity index (χ3n) is 5.26. The first-order valence-corrected chi connectivity index (χ1v) is 10.6. The number of hydrogen-bond acceptors (Lipinski definition) is 4. The van der Waals surface area contributed by atoms with E-state index >= 15 is 0 Å². The van der Waals surface area contributed by atoms with Crippen LogP contribution in [-0.4, -0.2) is 43.5 Å². The number of fused-ring (bicyclic) bond motifs is 3. The maximum absolute atomic E-state index is 12.5. The van der Waals surface area contributed by atoms with Gasteiger partial charge in [-0.25, -0.2) is 0 Å². The van der Waals surface area contributed by atoms with E-state index in [9.17, 15) is 9.59 Å². The number of carbonyl (C=O) groups is 2. The van der Waals surface area contributed by atoms with Crippen LogP contribution in [0.1, 0.15) is 52.7 Å². The molecule has 2 amide bonds. The zero-order chi connectivity index (χ0) is 21.3. The predicted octanol–water partition coefficient (Wildman–Crippen LogP) is 2.88. The summed E-state index contributed by atoms with van der Waals surface area (Å²) in [6, 6.07) is 14.1. The molecule has 0 fully saturated rings. The maximum Gasteiger partial charge on any atom is 0.251 e. The third kappa shape index (κ3) is 6.59. The minimum Gasteiger partial charge on any atom is -0.493 e. The summed E-state index contributed by atoms with van der Waals surface area (Å²) < 4.78 is 6.07. The Hall–Kier alpha value is -2.86. The van der Waals surface area contributed by atoms with Crippen molar-refractivity contribution in [3.05, 3.63) is 64.7 Å². The molecular weight excluding hydrogens is 378 g/mol. The van der Waals surface area contributed by atoms with Gasteiger partial charge in [-0.1, -0.05) is 24.3 Å². The number of rotatable bonds is 4. The van der Waals surface area contributed by atoms with Crippen LogP contribution in [0.25, 0.3) is 0 Å². The number of carbonyl (C=O) groups excluding carboxylic acids is 2. The molecule has 0 saturated heterocycles. The molecule has 6 nitrogen and oxygen atoms in total. The van der Waals surface area contributed by atoms with Crippen molar-refractivity contribution in [2.24, 2.45) is 5.73 Å². The second-order valence-electron chi connectivity index (χ2n) is 7.94. The number of nitrogens with zero attached hydrogens (tertiary/aromatic N) is 1. The summed E-state index contributed by atoms with van der Waals surface area (Å²) in [6.07, 6.45) is 4.10. The molecule has 1 aliphatic heterocycles. The molecule has 1 heterocycles. The van der Waals surface area contributed by atoms with Crippen LogP contribution in [0, 0.1) is 0 Å². The van der Waals surface area contributed by atoms with Crippen molar-refractivity contribution in [1.29, 1.82) is 0 Å². The molecule has 1 aliphatic rings. The summed E-state index contributed by atoms with van der Waals surface area (Å²) in [7, 11) is 2.16. The summed E-state index contributed by atoms with van der Waals surface area (Å²) >= 11 is 0. The fourth-order valence-corrected chi connectivity index (χ4v) is 3.69. The predicted molar refractivity (Wildman–Crippen MR) is 118 cm³/mol. The van der Waals surface area contributed by atoms with Crippen molar-refractivity contribution < 1.29 is 14.3 Å². The molecule has 0 unspecified atom stereocenters. The molecule has 3 N–H and O–H groups in total. The Bertz CT molecular complexity index is 882. The van der Waals surface area contributed by atoms with E-state index in [0.717, 1.165) is 43.7 Å². The number of benzene rings is 2. The number of nitrogens with two attached hydrogens (primary N) is 1. The molecule has 0 spiro atoms. The molecule has 6 heteroatoms. The molecule has 0 atom stereocenters. The van der Waals surface area contributed by atoms with E-state index in [0.29, 0.717) is 18.6 Å². The van der Waals surface area contributed by atoms with E-state index in [-0.39, 0.29) is 18.9 Å². The molecule has 2 aromatic rings. The van der Waals surface area contributed by atoms with Crippen molar-refractivity contribution in [1.82, 2.24) is 10.2 Å². The van der Waals surface area contributed by atoms with E-state index in [1.807, 2.05) is 12.1 Å². The third-order valence-corrected chi connectivity index (χ3v) is 5.26. The van der Waals surface area contributed by atoms with Crippen LogP contribution in [0.2, 0.25) is 0 Å². The Morgan fingerprint density at radius 3 is 2.77 bits per heavy atom. The fraction of sp³-hybridized carbons (Fsp3) is 0.417. The Balaban J connectivity index is 1.83. The van der Waals surface area contributed by atoms with E-state index in [4.69, 9.17) is 10.5 Å². The van der Waals surface area contributed by atoms with Gasteiger partial charge in [0.1, 0.15) is 5.75 Å². The second-order valence-corrected chi connectivity index (χ2v) is 7.94. The summed E-state index contributed by atoms with van der Waals surface area (Å²) in [5, 5.41) is 2.75. The minimum atomic E-state index is -0.432. The Kier molecular flexibility index (Phi) is 7.85. The summed E-state index contributed by atoms with van der Waals surface area (Å²) in [5.74, 6) is 0.176. The summed E-state index contributed by atoms with van der Waals surface area (Å²) in [5.41, 5.74) is 9.16. The van der Waals surface area contributed by atoms with E-state index in [2.05, 4.69) is 41.5 Å². The van der Waals surface area contributed by atoms with Crippen molar-refractivity contribution in [2.75, 3.05) is 26.7 Å². The van der Waals surface area contributed by atoms with E-state index in [1.54, 1.807) is 6.07 Å². The standard InChI is InChI=1S/C24H31N3O3/c1-27-12-3-2-4-13-30-22-9-8-20(24(29)26-11-10-23(25)28)16-21(22)15-18-6-5-7-19(14-18)17-27/h5-9,14,16H,2-4,10-13,15,17H2,1H3,(H2,25,28)(H,26,29). The monoisotopic (exact) mass is 409 g/mol. The number of nitrogens with one attached hydrogen (secondary N) is 1.